The van der Waals surface area contributed by atoms with Crippen LogP contribution in [0.3, 0.4) is 0 Å². The van der Waals surface area contributed by atoms with Gasteiger partial charge in [-0.05, 0) is 20.3 Å². The second kappa shape index (κ2) is 5.82. The molecule has 0 amide bonds. The predicted molar refractivity (Wildman–Crippen MR) is 62.7 cm³/mol. The molecule has 0 aliphatic heterocycles. The van der Waals surface area contributed by atoms with Crippen LogP contribution < -0.4 is 5.32 Å². The van der Waals surface area contributed by atoms with Crippen LogP contribution in [0.25, 0.3) is 0 Å². The highest BCUT2D eigenvalue weighted by Gasteiger charge is 2.25. The number of rotatable bonds is 7. The van der Waals surface area contributed by atoms with Gasteiger partial charge in [-0.25, -0.2) is 8.42 Å². The molecule has 0 spiro atoms. The molecule has 2 unspecified atom stereocenters. The van der Waals surface area contributed by atoms with Gasteiger partial charge in [0.25, 0.3) is 0 Å². The molecule has 0 fully saturated rings. The highest BCUT2D eigenvalue weighted by Crippen LogP contribution is 2.12. The van der Waals surface area contributed by atoms with E-state index in [4.69, 9.17) is 0 Å². The van der Waals surface area contributed by atoms with E-state index in [-0.39, 0.29) is 23.9 Å². The molecule has 2 atom stereocenters. The lowest BCUT2D eigenvalue weighted by Gasteiger charge is -2.31. The van der Waals surface area contributed by atoms with Crippen molar-refractivity contribution in [2.75, 3.05) is 18.6 Å². The van der Waals surface area contributed by atoms with E-state index in [9.17, 15) is 13.5 Å². The fraction of sp³-hybridized carbons (Fsp3) is 1.00. The van der Waals surface area contributed by atoms with Crippen LogP contribution >= 0.6 is 0 Å². The molecular formula is C10H23NO3S. The Morgan fingerprint density at radius 1 is 1.47 bits per heavy atom. The standard InChI is InChI=1S/C10H23NO3S/c1-5-6-10(3,8-12)11-9(2)7-15(4,13)14/h9,11-12H,5-8H2,1-4H3. The van der Waals surface area contributed by atoms with Crippen molar-refractivity contribution in [2.45, 2.75) is 45.2 Å². The largest absolute Gasteiger partial charge is 0.394 e. The molecule has 0 aromatic rings. The second-order valence-electron chi connectivity index (χ2n) is 4.61. The molecule has 0 aromatic carbocycles. The highest BCUT2D eigenvalue weighted by atomic mass is 32.2. The molecule has 0 rings (SSSR count). The molecule has 0 heterocycles. The molecule has 0 radical (unpaired) electrons. The van der Waals surface area contributed by atoms with Crippen LogP contribution in [-0.2, 0) is 9.84 Å². The van der Waals surface area contributed by atoms with E-state index in [0.29, 0.717) is 0 Å². The molecule has 0 aromatic heterocycles. The van der Waals surface area contributed by atoms with E-state index >= 15 is 0 Å². The van der Waals surface area contributed by atoms with Crippen molar-refractivity contribution in [1.82, 2.24) is 5.32 Å². The molecular weight excluding hydrogens is 214 g/mol. The van der Waals surface area contributed by atoms with Gasteiger partial charge in [-0.15, -0.1) is 0 Å². The Balaban J connectivity index is 4.30. The van der Waals surface area contributed by atoms with E-state index in [1.807, 2.05) is 20.8 Å². The first-order valence-corrected chi connectivity index (χ1v) is 7.35. The van der Waals surface area contributed by atoms with E-state index < -0.39 is 9.84 Å². The maximum Gasteiger partial charge on any atom is 0.148 e. The van der Waals surface area contributed by atoms with Crippen LogP contribution in [0, 0.1) is 0 Å². The molecule has 5 heteroatoms. The summed E-state index contributed by atoms with van der Waals surface area (Å²) in [6.07, 6.45) is 3.01. The fourth-order valence-electron chi connectivity index (χ4n) is 1.84. The first-order valence-electron chi connectivity index (χ1n) is 5.28. The highest BCUT2D eigenvalue weighted by molar-refractivity contribution is 7.90. The minimum absolute atomic E-state index is 0.0228. The summed E-state index contributed by atoms with van der Waals surface area (Å²) in [5, 5.41) is 12.4. The van der Waals surface area contributed by atoms with Crippen molar-refractivity contribution in [3.63, 3.8) is 0 Å². The normalized spacial score (nSPS) is 18.5. The molecule has 92 valence electrons. The molecule has 0 bridgehead atoms. The molecule has 0 aliphatic rings. The van der Waals surface area contributed by atoms with Gasteiger partial charge in [0.05, 0.1) is 12.4 Å². The number of hydrogen-bond acceptors (Lipinski definition) is 4. The Morgan fingerprint density at radius 2 is 2.00 bits per heavy atom. The average molecular weight is 237 g/mol. The van der Waals surface area contributed by atoms with Crippen LogP contribution in [0.15, 0.2) is 0 Å². The first kappa shape index (κ1) is 14.9. The summed E-state index contributed by atoms with van der Waals surface area (Å²) in [7, 11) is -2.96. The zero-order valence-electron chi connectivity index (χ0n) is 10.1. The lowest BCUT2D eigenvalue weighted by molar-refractivity contribution is 0.156. The Morgan fingerprint density at radius 3 is 2.33 bits per heavy atom. The second-order valence-corrected chi connectivity index (χ2v) is 6.79. The van der Waals surface area contributed by atoms with Crippen LogP contribution in [0.4, 0.5) is 0 Å². The van der Waals surface area contributed by atoms with Crippen molar-refractivity contribution < 1.29 is 13.5 Å². The van der Waals surface area contributed by atoms with Gasteiger partial charge in [0.1, 0.15) is 9.84 Å². The van der Waals surface area contributed by atoms with E-state index in [0.717, 1.165) is 12.8 Å². The van der Waals surface area contributed by atoms with Crippen molar-refractivity contribution in [1.29, 1.82) is 0 Å². The third-order valence-corrected chi connectivity index (χ3v) is 3.40. The molecule has 0 aliphatic carbocycles. The van der Waals surface area contributed by atoms with Crippen LogP contribution in [0.5, 0.6) is 0 Å². The number of aliphatic hydroxyl groups is 1. The van der Waals surface area contributed by atoms with Gasteiger partial charge in [-0.1, -0.05) is 13.3 Å². The summed E-state index contributed by atoms with van der Waals surface area (Å²) in [4.78, 5) is 0. The first-order chi connectivity index (χ1) is 6.72. The van der Waals surface area contributed by atoms with Crippen LogP contribution in [-0.4, -0.2) is 43.7 Å². The zero-order valence-corrected chi connectivity index (χ0v) is 10.9. The van der Waals surface area contributed by atoms with Crippen molar-refractivity contribution in [2.24, 2.45) is 0 Å². The maximum atomic E-state index is 11.1. The fourth-order valence-corrected chi connectivity index (χ4v) is 2.83. The average Bonchev–Trinajstić information content (AvgIpc) is 2.00. The number of sulfone groups is 1. The molecule has 4 nitrogen and oxygen atoms in total. The van der Waals surface area contributed by atoms with E-state index in [1.165, 1.54) is 6.26 Å². The van der Waals surface area contributed by atoms with Gasteiger partial charge in [0, 0.05) is 17.8 Å². The van der Waals surface area contributed by atoms with Crippen molar-refractivity contribution >= 4 is 9.84 Å². The summed E-state index contributed by atoms with van der Waals surface area (Å²) in [5.74, 6) is 0.103. The predicted octanol–water partition coefficient (Wildman–Crippen LogP) is 0.560. The van der Waals surface area contributed by atoms with Crippen LogP contribution in [0.1, 0.15) is 33.6 Å². The molecule has 15 heavy (non-hydrogen) atoms. The van der Waals surface area contributed by atoms with Gasteiger partial charge in [0.15, 0.2) is 0 Å². The zero-order chi connectivity index (χ0) is 12.1. The quantitative estimate of drug-likeness (QED) is 0.679. The Kier molecular flexibility index (Phi) is 5.77. The third-order valence-electron chi connectivity index (χ3n) is 2.30. The van der Waals surface area contributed by atoms with Gasteiger partial charge in [-0.2, -0.15) is 0 Å². The van der Waals surface area contributed by atoms with Gasteiger partial charge >= 0.3 is 0 Å². The topological polar surface area (TPSA) is 66.4 Å². The number of nitrogens with one attached hydrogen (secondary N) is 1. The smallest absolute Gasteiger partial charge is 0.148 e. The van der Waals surface area contributed by atoms with Crippen molar-refractivity contribution in [3.8, 4) is 0 Å². The van der Waals surface area contributed by atoms with Gasteiger partial charge < -0.3 is 10.4 Å². The monoisotopic (exact) mass is 237 g/mol. The maximum absolute atomic E-state index is 11.1. The summed E-state index contributed by atoms with van der Waals surface area (Å²) in [6.45, 7) is 5.80. The molecule has 0 saturated heterocycles. The minimum atomic E-state index is -2.96. The van der Waals surface area contributed by atoms with E-state index in [1.54, 1.807) is 0 Å². The number of hydrogen-bond donors (Lipinski definition) is 2. The van der Waals surface area contributed by atoms with E-state index in [2.05, 4.69) is 5.32 Å². The van der Waals surface area contributed by atoms with Crippen molar-refractivity contribution in [3.05, 3.63) is 0 Å². The minimum Gasteiger partial charge on any atom is -0.394 e. The Labute approximate surface area is 93.0 Å². The summed E-state index contributed by atoms with van der Waals surface area (Å²) < 4.78 is 22.1. The number of aliphatic hydroxyl groups excluding tert-OH is 1. The molecule has 2 N–H and O–H groups in total. The third kappa shape index (κ3) is 6.87. The Hall–Kier alpha value is -0.130. The molecule has 0 saturated carbocycles. The van der Waals surface area contributed by atoms with Crippen LogP contribution in [0.2, 0.25) is 0 Å². The summed E-state index contributed by atoms with van der Waals surface area (Å²) >= 11 is 0. The lowest BCUT2D eigenvalue weighted by Crippen LogP contribution is -2.51. The lowest BCUT2D eigenvalue weighted by atomic mass is 9.96. The van der Waals surface area contributed by atoms with Gasteiger partial charge in [-0.3, -0.25) is 0 Å². The summed E-state index contributed by atoms with van der Waals surface area (Å²) in [6, 6.07) is -0.135. The van der Waals surface area contributed by atoms with Gasteiger partial charge in [0.2, 0.25) is 0 Å². The Bertz CT molecular complexity index is 276. The SMILES string of the molecule is CCCC(C)(CO)NC(C)CS(C)(=O)=O. The summed E-state index contributed by atoms with van der Waals surface area (Å²) in [5.41, 5.74) is -0.376.